The van der Waals surface area contributed by atoms with Crippen LogP contribution in [0.5, 0.6) is 11.5 Å². The van der Waals surface area contributed by atoms with Crippen LogP contribution in [-0.2, 0) is 0 Å². The summed E-state index contributed by atoms with van der Waals surface area (Å²) in [6.07, 6.45) is 0. The van der Waals surface area contributed by atoms with E-state index in [0.717, 1.165) is 8.04 Å². The number of ketones is 1. The third kappa shape index (κ3) is 3.52. The lowest BCUT2D eigenvalue weighted by atomic mass is 10.0. The minimum Gasteiger partial charge on any atom is -0.496 e. The second-order valence-corrected chi connectivity index (χ2v) is 6.59. The van der Waals surface area contributed by atoms with Crippen molar-refractivity contribution in [3.05, 3.63) is 54.5 Å². The van der Waals surface area contributed by atoms with Crippen LogP contribution in [0.1, 0.15) is 15.9 Å². The molecule has 0 aromatic heterocycles. The summed E-state index contributed by atoms with van der Waals surface area (Å²) in [6.45, 7) is 0. The molecule has 3 nitrogen and oxygen atoms in total. The van der Waals surface area contributed by atoms with Crippen LogP contribution in [0, 0.1) is 3.57 Å². The minimum absolute atomic E-state index is 0.162. The van der Waals surface area contributed by atoms with E-state index in [4.69, 9.17) is 21.1 Å². The Hall–Kier alpha value is -0.790. The first-order valence-corrected chi connectivity index (χ1v) is 8.14. The predicted molar refractivity (Wildman–Crippen MR) is 94.8 cm³/mol. The van der Waals surface area contributed by atoms with Crippen molar-refractivity contribution in [1.29, 1.82) is 0 Å². The minimum atomic E-state index is -0.162. The molecule has 0 spiro atoms. The van der Waals surface area contributed by atoms with Gasteiger partial charge in [0.25, 0.3) is 0 Å². The second kappa shape index (κ2) is 6.98. The molecule has 0 saturated carbocycles. The van der Waals surface area contributed by atoms with E-state index in [2.05, 4.69) is 38.5 Å². The van der Waals surface area contributed by atoms with Gasteiger partial charge in [0.1, 0.15) is 11.5 Å². The maximum absolute atomic E-state index is 12.8. The molecule has 0 amide bonds. The highest BCUT2D eigenvalue weighted by molar-refractivity contribution is 14.1. The van der Waals surface area contributed by atoms with Gasteiger partial charge in [-0.05, 0) is 68.9 Å². The number of halogens is 3. The molecule has 0 N–H and O–H groups in total. The fourth-order valence-corrected chi connectivity index (χ4v) is 3.09. The molecule has 0 saturated heterocycles. The third-order valence-corrected chi connectivity index (χ3v) is 4.69. The molecule has 6 heteroatoms. The number of benzene rings is 2. The molecule has 0 aliphatic rings. The summed E-state index contributed by atoms with van der Waals surface area (Å²) in [5.41, 5.74) is 0.962. The van der Waals surface area contributed by atoms with Crippen LogP contribution in [0.25, 0.3) is 0 Å². The molecule has 0 fully saturated rings. The van der Waals surface area contributed by atoms with Gasteiger partial charge in [0.15, 0.2) is 5.78 Å². The van der Waals surface area contributed by atoms with Gasteiger partial charge in [-0.15, -0.1) is 0 Å². The van der Waals surface area contributed by atoms with E-state index in [1.54, 1.807) is 37.4 Å². The van der Waals surface area contributed by atoms with Crippen LogP contribution in [0.15, 0.2) is 34.8 Å². The van der Waals surface area contributed by atoms with Gasteiger partial charge in [0.2, 0.25) is 0 Å². The zero-order valence-electron chi connectivity index (χ0n) is 11.2. The first kappa shape index (κ1) is 16.6. The molecule has 0 unspecified atom stereocenters. The molecular formula is C15H11BrClIO3. The summed E-state index contributed by atoms with van der Waals surface area (Å²) in [4.78, 5) is 12.8. The van der Waals surface area contributed by atoms with Gasteiger partial charge >= 0.3 is 0 Å². The standard InChI is InChI=1S/C15H11BrClIO3/c1-20-13-7-11(16)14(21-2)6-10(13)15(19)9-5-8(17)3-4-12(9)18/h3-7H,1-2H3. The topological polar surface area (TPSA) is 35.5 Å². The van der Waals surface area contributed by atoms with Crippen molar-refractivity contribution in [1.82, 2.24) is 0 Å². The average Bonchev–Trinajstić information content (AvgIpc) is 2.48. The lowest BCUT2D eigenvalue weighted by Gasteiger charge is -2.12. The molecule has 110 valence electrons. The number of carbonyl (C=O) groups excluding carboxylic acids is 1. The molecular weight excluding hydrogens is 470 g/mol. The number of carbonyl (C=O) groups is 1. The van der Waals surface area contributed by atoms with Crippen molar-refractivity contribution in [2.45, 2.75) is 0 Å². The van der Waals surface area contributed by atoms with Gasteiger partial charge in [0, 0.05) is 14.2 Å². The van der Waals surface area contributed by atoms with E-state index in [1.165, 1.54) is 7.11 Å². The van der Waals surface area contributed by atoms with Crippen molar-refractivity contribution in [2.75, 3.05) is 14.2 Å². The van der Waals surface area contributed by atoms with E-state index in [-0.39, 0.29) is 5.78 Å². The Morgan fingerprint density at radius 3 is 2.38 bits per heavy atom. The fourth-order valence-electron chi connectivity index (χ4n) is 1.85. The average molecular weight is 482 g/mol. The Balaban J connectivity index is 2.59. The lowest BCUT2D eigenvalue weighted by Crippen LogP contribution is -2.07. The smallest absolute Gasteiger partial charge is 0.198 e. The zero-order chi connectivity index (χ0) is 15.6. The zero-order valence-corrected chi connectivity index (χ0v) is 15.7. The third-order valence-electron chi connectivity index (χ3n) is 2.89. The highest BCUT2D eigenvalue weighted by atomic mass is 127. The summed E-state index contributed by atoms with van der Waals surface area (Å²) >= 11 is 11.5. The van der Waals surface area contributed by atoms with E-state index in [9.17, 15) is 4.79 Å². The first-order valence-electron chi connectivity index (χ1n) is 5.89. The SMILES string of the molecule is COc1cc(C(=O)c2cc(Cl)ccc2I)c(OC)cc1Br. The van der Waals surface area contributed by atoms with Crippen LogP contribution in [0.3, 0.4) is 0 Å². The Kier molecular flexibility index (Phi) is 5.51. The Morgan fingerprint density at radius 2 is 1.76 bits per heavy atom. The monoisotopic (exact) mass is 480 g/mol. The fraction of sp³-hybridized carbons (Fsp3) is 0.133. The van der Waals surface area contributed by atoms with Crippen LogP contribution in [0.4, 0.5) is 0 Å². The molecule has 0 heterocycles. The van der Waals surface area contributed by atoms with Crippen molar-refractivity contribution in [3.8, 4) is 11.5 Å². The maximum atomic E-state index is 12.8. The van der Waals surface area contributed by atoms with Gasteiger partial charge in [-0.2, -0.15) is 0 Å². The van der Waals surface area contributed by atoms with E-state index < -0.39 is 0 Å². The van der Waals surface area contributed by atoms with Crippen molar-refractivity contribution < 1.29 is 14.3 Å². The number of hydrogen-bond donors (Lipinski definition) is 0. The summed E-state index contributed by atoms with van der Waals surface area (Å²) in [7, 11) is 3.07. The number of rotatable bonds is 4. The van der Waals surface area contributed by atoms with Crippen LogP contribution < -0.4 is 9.47 Å². The quantitative estimate of drug-likeness (QED) is 0.458. The van der Waals surface area contributed by atoms with Crippen LogP contribution in [-0.4, -0.2) is 20.0 Å². The van der Waals surface area contributed by atoms with Crippen LogP contribution in [0.2, 0.25) is 5.02 Å². The normalized spacial score (nSPS) is 10.3. The molecule has 0 atom stereocenters. The summed E-state index contributed by atoms with van der Waals surface area (Å²) < 4.78 is 12.1. The van der Waals surface area contributed by atoms with Gasteiger partial charge in [-0.1, -0.05) is 11.6 Å². The van der Waals surface area contributed by atoms with E-state index in [1.807, 2.05) is 0 Å². The Bertz CT molecular complexity index is 704. The van der Waals surface area contributed by atoms with Gasteiger partial charge in [-0.25, -0.2) is 0 Å². The van der Waals surface area contributed by atoms with Crippen molar-refractivity contribution >= 4 is 55.9 Å². The molecule has 2 rings (SSSR count). The van der Waals surface area contributed by atoms with Gasteiger partial charge in [0.05, 0.1) is 24.3 Å². The number of methoxy groups -OCH3 is 2. The van der Waals surface area contributed by atoms with Gasteiger partial charge < -0.3 is 9.47 Å². The molecule has 21 heavy (non-hydrogen) atoms. The molecule has 2 aromatic carbocycles. The summed E-state index contributed by atoms with van der Waals surface area (Å²) in [5.74, 6) is 0.879. The molecule has 0 bridgehead atoms. The van der Waals surface area contributed by atoms with E-state index >= 15 is 0 Å². The molecule has 2 aromatic rings. The van der Waals surface area contributed by atoms with Gasteiger partial charge in [-0.3, -0.25) is 4.79 Å². The second-order valence-electron chi connectivity index (χ2n) is 4.14. The van der Waals surface area contributed by atoms with E-state index in [0.29, 0.717) is 27.6 Å². The summed E-state index contributed by atoms with van der Waals surface area (Å²) in [5, 5.41) is 0.516. The van der Waals surface area contributed by atoms with Crippen molar-refractivity contribution in [3.63, 3.8) is 0 Å². The summed E-state index contributed by atoms with van der Waals surface area (Å²) in [6, 6.07) is 8.57. The Morgan fingerprint density at radius 1 is 1.10 bits per heavy atom. The number of hydrogen-bond acceptors (Lipinski definition) is 3. The Labute approximate surface area is 149 Å². The van der Waals surface area contributed by atoms with Crippen molar-refractivity contribution in [2.24, 2.45) is 0 Å². The maximum Gasteiger partial charge on any atom is 0.198 e. The number of ether oxygens (including phenoxy) is 2. The molecule has 0 radical (unpaired) electrons. The predicted octanol–water partition coefficient (Wildman–Crippen LogP) is 4.96. The highest BCUT2D eigenvalue weighted by Gasteiger charge is 2.20. The molecule has 0 aliphatic carbocycles. The molecule has 0 aliphatic heterocycles. The largest absolute Gasteiger partial charge is 0.496 e. The highest BCUT2D eigenvalue weighted by Crippen LogP contribution is 2.34. The lowest BCUT2D eigenvalue weighted by molar-refractivity contribution is 0.103. The first-order chi connectivity index (χ1) is 9.97. The van der Waals surface area contributed by atoms with Crippen LogP contribution >= 0.6 is 50.1 Å².